The number of Topliss-reactive ketones (excluding diaryl/α,β-unsaturated/α-hetero) is 1. The van der Waals surface area contributed by atoms with Crippen molar-refractivity contribution in [2.45, 2.75) is 38.6 Å². The first-order valence-corrected chi connectivity index (χ1v) is 10.8. The van der Waals surface area contributed by atoms with Gasteiger partial charge >= 0.3 is 0 Å². The molecular weight excluding hydrogens is 384 g/mol. The van der Waals surface area contributed by atoms with Crippen LogP contribution >= 0.6 is 0 Å². The minimum Gasteiger partial charge on any atom is -0.333 e. The molecule has 4 nitrogen and oxygen atoms in total. The first kappa shape index (κ1) is 20.9. The number of nitrogens with one attached hydrogen (secondary N) is 1. The van der Waals surface area contributed by atoms with Gasteiger partial charge in [-0.2, -0.15) is 0 Å². The number of carbonyl (C=O) groups is 2. The van der Waals surface area contributed by atoms with Gasteiger partial charge in [0.2, 0.25) is 5.91 Å². The Balaban J connectivity index is 1.86. The third kappa shape index (κ3) is 4.24. The van der Waals surface area contributed by atoms with E-state index < -0.39 is 5.54 Å². The maximum atomic E-state index is 14.0. The van der Waals surface area contributed by atoms with Gasteiger partial charge in [0.25, 0.3) is 0 Å². The number of rotatable bonds is 5. The zero-order chi connectivity index (χ0) is 21.8. The number of amides is 1. The molecule has 0 bridgehead atoms. The number of allylic oxidation sites excluding steroid dienone is 3. The minimum atomic E-state index is -0.793. The summed E-state index contributed by atoms with van der Waals surface area (Å²) in [5.41, 5.74) is 3.07. The summed E-state index contributed by atoms with van der Waals surface area (Å²) in [7, 11) is 0. The molecule has 4 rings (SSSR count). The van der Waals surface area contributed by atoms with E-state index in [2.05, 4.69) is 40.6 Å². The van der Waals surface area contributed by atoms with E-state index in [0.29, 0.717) is 19.3 Å². The number of nitrogens with zero attached hydrogens (tertiary/aromatic N) is 1. The Labute approximate surface area is 184 Å². The zero-order valence-corrected chi connectivity index (χ0v) is 18.0. The highest BCUT2D eigenvalue weighted by Crippen LogP contribution is 2.39. The van der Waals surface area contributed by atoms with E-state index in [0.717, 1.165) is 22.5 Å². The molecule has 158 valence electrons. The van der Waals surface area contributed by atoms with Gasteiger partial charge in [0.15, 0.2) is 5.78 Å². The Morgan fingerprint density at radius 1 is 1.03 bits per heavy atom. The second-order valence-electron chi connectivity index (χ2n) is 8.42. The molecular formula is C27H28N2O2. The number of benzene rings is 2. The highest BCUT2D eigenvalue weighted by molar-refractivity contribution is 5.92. The van der Waals surface area contributed by atoms with Crippen LogP contribution in [0.2, 0.25) is 0 Å². The number of ketones is 1. The molecule has 2 aliphatic rings. The number of hydrogen-bond donors (Lipinski definition) is 1. The minimum absolute atomic E-state index is 0.122. The fraction of sp³-hybridized carbons (Fsp3) is 0.259. The van der Waals surface area contributed by atoms with Crippen molar-refractivity contribution >= 4 is 11.7 Å². The van der Waals surface area contributed by atoms with Crippen LogP contribution in [0.3, 0.4) is 0 Å². The molecule has 1 atom stereocenters. The van der Waals surface area contributed by atoms with Gasteiger partial charge in [0.1, 0.15) is 5.54 Å². The van der Waals surface area contributed by atoms with Gasteiger partial charge in [-0.25, -0.2) is 0 Å². The van der Waals surface area contributed by atoms with Crippen molar-refractivity contribution in [2.75, 3.05) is 0 Å². The zero-order valence-electron chi connectivity index (χ0n) is 18.0. The lowest BCUT2D eigenvalue weighted by Gasteiger charge is -2.45. The molecule has 1 unspecified atom stereocenters. The van der Waals surface area contributed by atoms with E-state index in [1.54, 1.807) is 0 Å². The first-order chi connectivity index (χ1) is 15.0. The van der Waals surface area contributed by atoms with Crippen LogP contribution in [-0.4, -0.2) is 22.1 Å². The van der Waals surface area contributed by atoms with Gasteiger partial charge < -0.3 is 10.2 Å². The normalized spacial score (nSPS) is 19.7. The topological polar surface area (TPSA) is 49.4 Å². The fourth-order valence-corrected chi connectivity index (χ4v) is 4.64. The van der Waals surface area contributed by atoms with Gasteiger partial charge in [0, 0.05) is 31.9 Å². The molecule has 0 spiro atoms. The Kier molecular flexibility index (Phi) is 5.90. The molecule has 0 radical (unpaired) electrons. The monoisotopic (exact) mass is 412 g/mol. The Morgan fingerprint density at radius 3 is 2.16 bits per heavy atom. The molecule has 0 fully saturated rings. The maximum absolute atomic E-state index is 14.0. The standard InChI is InChI=1S/C27H28N2O2/c1-20-15-16-25-24(28-21(2)30)14-9-17-29(25)27(26(20)31,18-22-10-5-3-6-11-22)19-23-12-7-4-8-13-23/h3-14,16-17,20H,15,18-19H2,1-2H3,(H,28,30). The quantitative estimate of drug-likeness (QED) is 0.784. The summed E-state index contributed by atoms with van der Waals surface area (Å²) >= 11 is 0. The summed E-state index contributed by atoms with van der Waals surface area (Å²) in [5, 5.41) is 2.95. The summed E-state index contributed by atoms with van der Waals surface area (Å²) in [5.74, 6) is -0.0274. The molecule has 2 aromatic carbocycles. The summed E-state index contributed by atoms with van der Waals surface area (Å²) in [6, 6.07) is 20.4. The van der Waals surface area contributed by atoms with Crippen LogP contribution < -0.4 is 5.32 Å². The lowest BCUT2D eigenvalue weighted by molar-refractivity contribution is -0.132. The van der Waals surface area contributed by atoms with Crippen molar-refractivity contribution in [3.8, 4) is 0 Å². The molecule has 1 amide bonds. The second kappa shape index (κ2) is 8.76. The second-order valence-corrected chi connectivity index (χ2v) is 8.42. The predicted octanol–water partition coefficient (Wildman–Crippen LogP) is 4.55. The van der Waals surface area contributed by atoms with Crippen LogP contribution in [0.4, 0.5) is 0 Å². The van der Waals surface area contributed by atoms with Crippen molar-refractivity contribution in [3.63, 3.8) is 0 Å². The Morgan fingerprint density at radius 2 is 1.61 bits per heavy atom. The van der Waals surface area contributed by atoms with E-state index in [1.165, 1.54) is 6.92 Å². The predicted molar refractivity (Wildman–Crippen MR) is 123 cm³/mol. The number of carbonyl (C=O) groups excluding carboxylic acids is 2. The molecule has 0 saturated carbocycles. The molecule has 31 heavy (non-hydrogen) atoms. The Hall–Kier alpha value is -3.40. The molecule has 2 aliphatic heterocycles. The summed E-state index contributed by atoms with van der Waals surface area (Å²) in [6.45, 7) is 3.52. The third-order valence-electron chi connectivity index (χ3n) is 6.06. The molecule has 0 aromatic heterocycles. The molecule has 0 aliphatic carbocycles. The van der Waals surface area contributed by atoms with Crippen molar-refractivity contribution in [1.82, 2.24) is 10.2 Å². The van der Waals surface area contributed by atoms with E-state index in [-0.39, 0.29) is 17.6 Å². The summed E-state index contributed by atoms with van der Waals surface area (Å²) in [4.78, 5) is 28.0. The summed E-state index contributed by atoms with van der Waals surface area (Å²) in [6.07, 6.45) is 9.70. The molecule has 1 N–H and O–H groups in total. The van der Waals surface area contributed by atoms with E-state index in [4.69, 9.17) is 0 Å². The fourth-order valence-electron chi connectivity index (χ4n) is 4.64. The first-order valence-electron chi connectivity index (χ1n) is 10.8. The number of hydrogen-bond acceptors (Lipinski definition) is 3. The van der Waals surface area contributed by atoms with Crippen LogP contribution in [0.1, 0.15) is 31.4 Å². The van der Waals surface area contributed by atoms with Gasteiger partial charge in [-0.3, -0.25) is 9.59 Å². The SMILES string of the molecule is CC(=O)NC1=CC=CN2C1=CCC(C)C(=O)C2(Cc1ccccc1)Cc1ccccc1. The lowest BCUT2D eigenvalue weighted by atomic mass is 9.75. The van der Waals surface area contributed by atoms with Gasteiger partial charge in [0.05, 0.1) is 11.4 Å². The molecule has 2 heterocycles. The van der Waals surface area contributed by atoms with E-state index in [1.807, 2.05) is 61.7 Å². The van der Waals surface area contributed by atoms with Gasteiger partial charge in [-0.05, 0) is 29.7 Å². The van der Waals surface area contributed by atoms with Crippen LogP contribution in [0, 0.1) is 5.92 Å². The number of fused-ring (bicyclic) bond motifs is 1. The van der Waals surface area contributed by atoms with E-state index >= 15 is 0 Å². The smallest absolute Gasteiger partial charge is 0.221 e. The molecule has 2 aromatic rings. The molecule has 4 heteroatoms. The molecule has 0 saturated heterocycles. The van der Waals surface area contributed by atoms with Crippen LogP contribution in [0.25, 0.3) is 0 Å². The highest BCUT2D eigenvalue weighted by atomic mass is 16.1. The van der Waals surface area contributed by atoms with Crippen molar-refractivity contribution in [3.05, 3.63) is 108 Å². The van der Waals surface area contributed by atoms with Crippen molar-refractivity contribution in [1.29, 1.82) is 0 Å². The highest BCUT2D eigenvalue weighted by Gasteiger charge is 2.48. The third-order valence-corrected chi connectivity index (χ3v) is 6.06. The average molecular weight is 413 g/mol. The average Bonchev–Trinajstić information content (AvgIpc) is 2.86. The Bertz CT molecular complexity index is 1010. The van der Waals surface area contributed by atoms with Crippen LogP contribution in [0.15, 0.2) is 96.5 Å². The lowest BCUT2D eigenvalue weighted by Crippen LogP contribution is -2.57. The largest absolute Gasteiger partial charge is 0.333 e. The maximum Gasteiger partial charge on any atom is 0.221 e. The van der Waals surface area contributed by atoms with Crippen LogP contribution in [-0.2, 0) is 22.4 Å². The van der Waals surface area contributed by atoms with Gasteiger partial charge in [-0.1, -0.05) is 73.7 Å². The van der Waals surface area contributed by atoms with Crippen molar-refractivity contribution in [2.24, 2.45) is 5.92 Å². The van der Waals surface area contributed by atoms with E-state index in [9.17, 15) is 9.59 Å². The van der Waals surface area contributed by atoms with Crippen LogP contribution in [0.5, 0.6) is 0 Å². The summed E-state index contributed by atoms with van der Waals surface area (Å²) < 4.78 is 0. The van der Waals surface area contributed by atoms with Gasteiger partial charge in [-0.15, -0.1) is 0 Å². The van der Waals surface area contributed by atoms with Crippen molar-refractivity contribution < 1.29 is 9.59 Å².